The molecule has 4 nitrogen and oxygen atoms in total. The van der Waals surface area contributed by atoms with Crippen molar-refractivity contribution in [2.75, 3.05) is 20.1 Å². The van der Waals surface area contributed by atoms with Crippen molar-refractivity contribution < 1.29 is 8.42 Å². The molecule has 98 valence electrons. The molecule has 0 fully saturated rings. The van der Waals surface area contributed by atoms with Crippen LogP contribution in [0, 0.1) is 11.3 Å². The summed E-state index contributed by atoms with van der Waals surface area (Å²) >= 11 is 0. The average Bonchev–Trinajstić information content (AvgIpc) is 2.15. The third kappa shape index (κ3) is 4.80. The number of sulfonamides is 1. The molecule has 16 heavy (non-hydrogen) atoms. The molecule has 0 aromatic carbocycles. The fraction of sp³-hybridized carbons (Fsp3) is 1.00. The van der Waals surface area contributed by atoms with Gasteiger partial charge in [0.1, 0.15) is 0 Å². The molecule has 1 unspecified atom stereocenters. The summed E-state index contributed by atoms with van der Waals surface area (Å²) in [6.45, 7) is 11.0. The van der Waals surface area contributed by atoms with E-state index in [-0.39, 0.29) is 5.41 Å². The van der Waals surface area contributed by atoms with Crippen LogP contribution in [0.5, 0.6) is 0 Å². The second kappa shape index (κ2) is 5.98. The van der Waals surface area contributed by atoms with Gasteiger partial charge in [-0.3, -0.25) is 0 Å². The molecule has 0 saturated carbocycles. The first kappa shape index (κ1) is 15.9. The molecule has 0 aliphatic rings. The van der Waals surface area contributed by atoms with Crippen LogP contribution in [0.1, 0.15) is 34.6 Å². The predicted octanol–water partition coefficient (Wildman–Crippen LogP) is 1.20. The van der Waals surface area contributed by atoms with Crippen LogP contribution < -0.4 is 10.0 Å². The zero-order chi connectivity index (χ0) is 13.0. The molecule has 0 aromatic heterocycles. The van der Waals surface area contributed by atoms with Gasteiger partial charge in [0, 0.05) is 13.1 Å². The van der Waals surface area contributed by atoms with Gasteiger partial charge < -0.3 is 5.32 Å². The van der Waals surface area contributed by atoms with Gasteiger partial charge in [-0.15, -0.1) is 0 Å². The van der Waals surface area contributed by atoms with Gasteiger partial charge in [0.05, 0.1) is 5.25 Å². The fourth-order valence-electron chi connectivity index (χ4n) is 1.03. The highest BCUT2D eigenvalue weighted by atomic mass is 32.2. The Morgan fingerprint density at radius 3 is 2.06 bits per heavy atom. The minimum absolute atomic E-state index is 0.0214. The van der Waals surface area contributed by atoms with Crippen LogP contribution >= 0.6 is 0 Å². The Morgan fingerprint density at radius 1 is 1.19 bits per heavy atom. The molecule has 0 spiro atoms. The van der Waals surface area contributed by atoms with Crippen molar-refractivity contribution in [2.45, 2.75) is 39.9 Å². The first-order valence-corrected chi connectivity index (χ1v) is 7.31. The smallest absolute Gasteiger partial charge is 0.215 e. The van der Waals surface area contributed by atoms with Crippen molar-refractivity contribution in [1.82, 2.24) is 10.0 Å². The largest absolute Gasteiger partial charge is 0.318 e. The SMILES string of the molecule is CNCC(C)S(=O)(=O)NCC(C)(C)C(C)C. The van der Waals surface area contributed by atoms with Gasteiger partial charge in [-0.2, -0.15) is 0 Å². The summed E-state index contributed by atoms with van der Waals surface area (Å²) in [6, 6.07) is 0. The monoisotopic (exact) mass is 250 g/mol. The highest BCUT2D eigenvalue weighted by Gasteiger charge is 2.26. The van der Waals surface area contributed by atoms with Crippen molar-refractivity contribution in [1.29, 1.82) is 0 Å². The first-order valence-electron chi connectivity index (χ1n) is 5.76. The predicted molar refractivity (Wildman–Crippen MR) is 68.9 cm³/mol. The highest BCUT2D eigenvalue weighted by molar-refractivity contribution is 7.90. The summed E-state index contributed by atoms with van der Waals surface area (Å²) in [5.74, 6) is 0.440. The van der Waals surface area contributed by atoms with Crippen molar-refractivity contribution in [2.24, 2.45) is 11.3 Å². The van der Waals surface area contributed by atoms with Gasteiger partial charge in [0.25, 0.3) is 0 Å². The molecule has 1 atom stereocenters. The van der Waals surface area contributed by atoms with E-state index in [1.165, 1.54) is 0 Å². The summed E-state index contributed by atoms with van der Waals surface area (Å²) < 4.78 is 26.4. The quantitative estimate of drug-likeness (QED) is 0.714. The summed E-state index contributed by atoms with van der Waals surface area (Å²) in [6.07, 6.45) is 0. The van der Waals surface area contributed by atoms with Gasteiger partial charge in [0.15, 0.2) is 0 Å². The van der Waals surface area contributed by atoms with Gasteiger partial charge in [-0.05, 0) is 25.3 Å². The van der Waals surface area contributed by atoms with Crippen LogP contribution in [0.15, 0.2) is 0 Å². The van der Waals surface area contributed by atoms with Gasteiger partial charge in [-0.1, -0.05) is 27.7 Å². The Balaban J connectivity index is 4.40. The Morgan fingerprint density at radius 2 is 1.69 bits per heavy atom. The normalized spacial score (nSPS) is 15.4. The van der Waals surface area contributed by atoms with Gasteiger partial charge >= 0.3 is 0 Å². The summed E-state index contributed by atoms with van der Waals surface area (Å²) in [7, 11) is -1.45. The van der Waals surface area contributed by atoms with E-state index in [1.807, 2.05) is 0 Å². The first-order chi connectivity index (χ1) is 7.13. The molecule has 0 aliphatic carbocycles. The zero-order valence-corrected chi connectivity index (χ0v) is 12.1. The topological polar surface area (TPSA) is 58.2 Å². The van der Waals surface area contributed by atoms with Crippen molar-refractivity contribution in [3.63, 3.8) is 0 Å². The number of nitrogens with one attached hydrogen (secondary N) is 2. The molecule has 0 amide bonds. The third-order valence-corrected chi connectivity index (χ3v) is 5.09. The van der Waals surface area contributed by atoms with E-state index in [4.69, 9.17) is 0 Å². The molecule has 0 saturated heterocycles. The maximum absolute atomic E-state index is 11.8. The minimum atomic E-state index is -3.20. The Bertz CT molecular complexity index is 297. The summed E-state index contributed by atoms with van der Waals surface area (Å²) in [5, 5.41) is 2.47. The molecule has 0 aromatic rings. The van der Waals surface area contributed by atoms with Crippen LogP contribution in [0.25, 0.3) is 0 Å². The highest BCUT2D eigenvalue weighted by Crippen LogP contribution is 2.25. The molecule has 0 bridgehead atoms. The molecule has 0 rings (SSSR count). The lowest BCUT2D eigenvalue weighted by Crippen LogP contribution is -2.43. The molecular weight excluding hydrogens is 224 g/mol. The van der Waals surface area contributed by atoms with E-state index >= 15 is 0 Å². The maximum atomic E-state index is 11.8. The van der Waals surface area contributed by atoms with Crippen LogP contribution in [0.2, 0.25) is 0 Å². The third-order valence-electron chi connectivity index (χ3n) is 3.31. The second-order valence-corrected chi connectivity index (χ2v) is 7.56. The van der Waals surface area contributed by atoms with Crippen LogP contribution in [-0.4, -0.2) is 33.8 Å². The fourth-order valence-corrected chi connectivity index (χ4v) is 2.27. The Labute approximate surface area is 100 Å². The van der Waals surface area contributed by atoms with E-state index in [2.05, 4.69) is 37.7 Å². The summed E-state index contributed by atoms with van der Waals surface area (Å²) in [4.78, 5) is 0. The number of rotatable bonds is 7. The van der Waals surface area contributed by atoms with E-state index in [0.717, 1.165) is 0 Å². The molecule has 0 aliphatic heterocycles. The lowest BCUT2D eigenvalue weighted by molar-refractivity contribution is 0.252. The lowest BCUT2D eigenvalue weighted by atomic mass is 9.81. The number of hydrogen-bond acceptors (Lipinski definition) is 3. The van der Waals surface area contributed by atoms with E-state index < -0.39 is 15.3 Å². The van der Waals surface area contributed by atoms with E-state index in [1.54, 1.807) is 14.0 Å². The molecule has 5 heteroatoms. The lowest BCUT2D eigenvalue weighted by Gasteiger charge is -2.29. The van der Waals surface area contributed by atoms with E-state index in [9.17, 15) is 8.42 Å². The Hall–Kier alpha value is -0.130. The van der Waals surface area contributed by atoms with Gasteiger partial charge in [0.2, 0.25) is 10.0 Å². The molecule has 0 heterocycles. The van der Waals surface area contributed by atoms with Crippen molar-refractivity contribution in [3.05, 3.63) is 0 Å². The number of hydrogen-bond donors (Lipinski definition) is 2. The molecule has 2 N–H and O–H groups in total. The van der Waals surface area contributed by atoms with Crippen LogP contribution in [-0.2, 0) is 10.0 Å². The van der Waals surface area contributed by atoms with Crippen LogP contribution in [0.3, 0.4) is 0 Å². The second-order valence-electron chi connectivity index (χ2n) is 5.38. The van der Waals surface area contributed by atoms with Crippen molar-refractivity contribution in [3.8, 4) is 0 Å². The maximum Gasteiger partial charge on any atom is 0.215 e. The molecule has 0 radical (unpaired) electrons. The molecular formula is C11H26N2O2S. The zero-order valence-electron chi connectivity index (χ0n) is 11.3. The Kier molecular flexibility index (Phi) is 5.93. The summed E-state index contributed by atoms with van der Waals surface area (Å²) in [5.41, 5.74) is -0.0214. The minimum Gasteiger partial charge on any atom is -0.318 e. The standard InChI is InChI=1S/C11H26N2O2S/c1-9(2)11(4,5)8-13-16(14,15)10(3)7-12-6/h9-10,12-13H,7-8H2,1-6H3. The van der Waals surface area contributed by atoms with Gasteiger partial charge in [-0.25, -0.2) is 13.1 Å². The average molecular weight is 250 g/mol. The van der Waals surface area contributed by atoms with Crippen LogP contribution in [0.4, 0.5) is 0 Å². The van der Waals surface area contributed by atoms with E-state index in [0.29, 0.717) is 19.0 Å². The van der Waals surface area contributed by atoms with Crippen molar-refractivity contribution >= 4 is 10.0 Å².